The first-order valence-corrected chi connectivity index (χ1v) is 6.85. The Morgan fingerprint density at radius 3 is 2.45 bits per heavy atom. The molecule has 0 bridgehead atoms. The smallest absolute Gasteiger partial charge is 0.254 e. The molecule has 20 heavy (non-hydrogen) atoms. The molecule has 0 unspecified atom stereocenters. The Bertz CT molecular complexity index is 458. The van der Waals surface area contributed by atoms with Gasteiger partial charge in [-0.1, -0.05) is 0 Å². The molecular weight excluding hydrogens is 258 g/mol. The molecule has 6 heteroatoms. The molecule has 0 atom stereocenters. The van der Waals surface area contributed by atoms with Crippen LogP contribution in [0.2, 0.25) is 0 Å². The summed E-state index contributed by atoms with van der Waals surface area (Å²) >= 11 is 0. The summed E-state index contributed by atoms with van der Waals surface area (Å²) in [6, 6.07) is 3.97. The van der Waals surface area contributed by atoms with Gasteiger partial charge in [0.1, 0.15) is 11.5 Å². The van der Waals surface area contributed by atoms with Crippen molar-refractivity contribution in [3.8, 4) is 11.5 Å². The number of hydrogen-bond donors (Lipinski definition) is 3. The summed E-state index contributed by atoms with van der Waals surface area (Å²) in [7, 11) is 0. The lowest BCUT2D eigenvalue weighted by atomic mass is 10.1. The maximum atomic E-state index is 12.4. The second-order valence-corrected chi connectivity index (χ2v) is 5.01. The Labute approximate surface area is 118 Å². The third kappa shape index (κ3) is 3.61. The summed E-state index contributed by atoms with van der Waals surface area (Å²) in [5, 5.41) is 18.9. The summed E-state index contributed by atoms with van der Waals surface area (Å²) in [6.07, 6.45) is 0.899. The van der Waals surface area contributed by atoms with E-state index in [4.69, 9.17) is 5.73 Å². The van der Waals surface area contributed by atoms with E-state index in [0.717, 1.165) is 26.1 Å². The maximum absolute atomic E-state index is 12.4. The first-order chi connectivity index (χ1) is 9.60. The molecule has 1 heterocycles. The predicted octanol–water partition coefficient (Wildman–Crippen LogP) is 0.204. The minimum Gasteiger partial charge on any atom is -0.508 e. The van der Waals surface area contributed by atoms with Crippen molar-refractivity contribution in [2.24, 2.45) is 5.73 Å². The normalized spacial score (nSPS) is 16.9. The Kier molecular flexibility index (Phi) is 4.81. The molecule has 1 aromatic carbocycles. The first-order valence-electron chi connectivity index (χ1n) is 6.85. The molecule has 0 aromatic heterocycles. The monoisotopic (exact) mass is 279 g/mol. The average Bonchev–Trinajstić information content (AvgIpc) is 2.63. The number of nitrogens with zero attached hydrogens (tertiary/aromatic N) is 2. The molecule has 110 valence electrons. The lowest BCUT2D eigenvalue weighted by Gasteiger charge is -2.21. The van der Waals surface area contributed by atoms with Gasteiger partial charge < -0.3 is 25.7 Å². The molecule has 0 radical (unpaired) electrons. The lowest BCUT2D eigenvalue weighted by molar-refractivity contribution is 0.0761. The summed E-state index contributed by atoms with van der Waals surface area (Å²) in [5.74, 6) is -0.369. The summed E-state index contributed by atoms with van der Waals surface area (Å²) < 4.78 is 0. The zero-order valence-corrected chi connectivity index (χ0v) is 11.5. The van der Waals surface area contributed by atoms with Crippen LogP contribution in [0.1, 0.15) is 16.8 Å². The first kappa shape index (κ1) is 14.6. The van der Waals surface area contributed by atoms with E-state index in [2.05, 4.69) is 4.90 Å². The van der Waals surface area contributed by atoms with Gasteiger partial charge in [0.05, 0.1) is 0 Å². The molecule has 4 N–H and O–H groups in total. The second kappa shape index (κ2) is 6.58. The van der Waals surface area contributed by atoms with Crippen LogP contribution < -0.4 is 5.73 Å². The molecule has 1 fully saturated rings. The Hall–Kier alpha value is -1.79. The van der Waals surface area contributed by atoms with E-state index in [1.165, 1.54) is 18.2 Å². The van der Waals surface area contributed by atoms with Crippen LogP contribution in [0.5, 0.6) is 11.5 Å². The van der Waals surface area contributed by atoms with Crippen LogP contribution in [0.15, 0.2) is 18.2 Å². The highest BCUT2D eigenvalue weighted by Gasteiger charge is 2.20. The molecule has 1 aliphatic rings. The fourth-order valence-corrected chi connectivity index (χ4v) is 2.48. The third-order valence-electron chi connectivity index (χ3n) is 3.47. The summed E-state index contributed by atoms with van der Waals surface area (Å²) in [4.78, 5) is 16.4. The average molecular weight is 279 g/mol. The molecule has 1 saturated heterocycles. The van der Waals surface area contributed by atoms with E-state index >= 15 is 0 Å². The number of amides is 1. The fourth-order valence-electron chi connectivity index (χ4n) is 2.48. The predicted molar refractivity (Wildman–Crippen MR) is 75.8 cm³/mol. The highest BCUT2D eigenvalue weighted by molar-refractivity contribution is 5.95. The van der Waals surface area contributed by atoms with Crippen LogP contribution in [0.4, 0.5) is 0 Å². The van der Waals surface area contributed by atoms with Crippen molar-refractivity contribution in [2.45, 2.75) is 6.42 Å². The van der Waals surface area contributed by atoms with Crippen molar-refractivity contribution in [1.82, 2.24) is 9.80 Å². The van der Waals surface area contributed by atoms with Crippen molar-refractivity contribution in [3.63, 3.8) is 0 Å². The maximum Gasteiger partial charge on any atom is 0.254 e. The van der Waals surface area contributed by atoms with Crippen molar-refractivity contribution >= 4 is 5.91 Å². The zero-order chi connectivity index (χ0) is 14.5. The largest absolute Gasteiger partial charge is 0.508 e. The molecule has 1 amide bonds. The number of carbonyl (C=O) groups is 1. The Morgan fingerprint density at radius 2 is 1.80 bits per heavy atom. The molecule has 1 aromatic rings. The van der Waals surface area contributed by atoms with Crippen molar-refractivity contribution in [3.05, 3.63) is 23.8 Å². The van der Waals surface area contributed by atoms with Crippen molar-refractivity contribution < 1.29 is 15.0 Å². The number of carbonyl (C=O) groups excluding carboxylic acids is 1. The van der Waals surface area contributed by atoms with Crippen LogP contribution in [0.3, 0.4) is 0 Å². The molecule has 0 aliphatic carbocycles. The van der Waals surface area contributed by atoms with Gasteiger partial charge in [-0.3, -0.25) is 4.79 Å². The van der Waals surface area contributed by atoms with E-state index in [1.807, 2.05) is 0 Å². The molecule has 2 rings (SSSR count). The minimum atomic E-state index is -0.161. The number of hydrogen-bond acceptors (Lipinski definition) is 5. The quantitative estimate of drug-likeness (QED) is 0.735. The third-order valence-corrected chi connectivity index (χ3v) is 3.47. The topological polar surface area (TPSA) is 90.0 Å². The van der Waals surface area contributed by atoms with Crippen LogP contribution >= 0.6 is 0 Å². The van der Waals surface area contributed by atoms with E-state index in [1.54, 1.807) is 4.90 Å². The number of rotatable bonds is 3. The summed E-state index contributed by atoms with van der Waals surface area (Å²) in [6.45, 7) is 4.51. The SMILES string of the molecule is NCCN1CCCN(C(=O)c2cc(O)cc(O)c2)CC1. The van der Waals surface area contributed by atoms with Gasteiger partial charge in [0.25, 0.3) is 5.91 Å². The van der Waals surface area contributed by atoms with Crippen LogP contribution in [-0.2, 0) is 0 Å². The lowest BCUT2D eigenvalue weighted by Crippen LogP contribution is -2.36. The van der Waals surface area contributed by atoms with Crippen molar-refractivity contribution in [2.75, 3.05) is 39.3 Å². The van der Waals surface area contributed by atoms with Crippen molar-refractivity contribution in [1.29, 1.82) is 0 Å². The summed E-state index contributed by atoms with van der Waals surface area (Å²) in [5.41, 5.74) is 5.87. The van der Waals surface area contributed by atoms with Gasteiger partial charge in [-0.25, -0.2) is 0 Å². The highest BCUT2D eigenvalue weighted by Crippen LogP contribution is 2.21. The van der Waals surface area contributed by atoms with E-state index in [9.17, 15) is 15.0 Å². The molecule has 0 saturated carbocycles. The van der Waals surface area contributed by atoms with Crippen LogP contribution in [0, 0.1) is 0 Å². The van der Waals surface area contributed by atoms with Gasteiger partial charge in [0, 0.05) is 44.4 Å². The van der Waals surface area contributed by atoms with Crippen LogP contribution in [-0.4, -0.2) is 65.2 Å². The second-order valence-electron chi connectivity index (χ2n) is 5.01. The van der Waals surface area contributed by atoms with E-state index in [0.29, 0.717) is 25.2 Å². The zero-order valence-electron chi connectivity index (χ0n) is 11.5. The molecule has 0 spiro atoms. The molecule has 6 nitrogen and oxygen atoms in total. The van der Waals surface area contributed by atoms with Crippen LogP contribution in [0.25, 0.3) is 0 Å². The van der Waals surface area contributed by atoms with Gasteiger partial charge in [-0.2, -0.15) is 0 Å². The van der Waals surface area contributed by atoms with Gasteiger partial charge in [-0.15, -0.1) is 0 Å². The van der Waals surface area contributed by atoms with E-state index < -0.39 is 0 Å². The van der Waals surface area contributed by atoms with Gasteiger partial charge in [0.2, 0.25) is 0 Å². The number of phenols is 2. The van der Waals surface area contributed by atoms with E-state index in [-0.39, 0.29) is 17.4 Å². The standard InChI is InChI=1S/C14H21N3O3/c15-2-5-16-3-1-4-17(7-6-16)14(20)11-8-12(18)10-13(19)9-11/h8-10,18-19H,1-7,15H2. The number of benzene rings is 1. The minimum absolute atomic E-state index is 0.104. The number of phenolic OH excluding ortho intramolecular Hbond substituents is 2. The van der Waals surface area contributed by atoms with Gasteiger partial charge >= 0.3 is 0 Å². The fraction of sp³-hybridized carbons (Fsp3) is 0.500. The Balaban J connectivity index is 2.05. The number of aromatic hydroxyl groups is 2. The highest BCUT2D eigenvalue weighted by atomic mass is 16.3. The number of nitrogens with two attached hydrogens (primary N) is 1. The van der Waals surface area contributed by atoms with Gasteiger partial charge in [-0.05, 0) is 25.1 Å². The van der Waals surface area contributed by atoms with Gasteiger partial charge in [0.15, 0.2) is 0 Å². The molecule has 1 aliphatic heterocycles. The molecular formula is C14H21N3O3. The Morgan fingerprint density at radius 1 is 1.10 bits per heavy atom.